The molecule has 0 aromatic rings. The predicted octanol–water partition coefficient (Wildman–Crippen LogP) is 0.428. The zero-order valence-electron chi connectivity index (χ0n) is 10.7. The van der Waals surface area contributed by atoms with Crippen molar-refractivity contribution < 1.29 is 13.2 Å². The third-order valence-electron chi connectivity index (χ3n) is 2.81. The van der Waals surface area contributed by atoms with Crippen LogP contribution in [0.4, 0.5) is 0 Å². The van der Waals surface area contributed by atoms with Crippen LogP contribution in [0.5, 0.6) is 0 Å². The van der Waals surface area contributed by atoms with Crippen LogP contribution < -0.4 is 5.32 Å². The van der Waals surface area contributed by atoms with Gasteiger partial charge in [0.25, 0.3) is 0 Å². The molecular formula is C11H24N2O3S. The normalized spacial score (nSPS) is 19.8. The van der Waals surface area contributed by atoms with Crippen LogP contribution in [0.1, 0.15) is 26.2 Å². The molecule has 102 valence electrons. The number of hydrogen-bond donors (Lipinski definition) is 1. The lowest BCUT2D eigenvalue weighted by Crippen LogP contribution is -2.34. The molecule has 1 heterocycles. The van der Waals surface area contributed by atoms with E-state index >= 15 is 0 Å². The number of ether oxygens (including phenoxy) is 1. The molecule has 0 spiro atoms. The number of nitrogens with one attached hydrogen (secondary N) is 1. The lowest BCUT2D eigenvalue weighted by Gasteiger charge is -2.14. The summed E-state index contributed by atoms with van der Waals surface area (Å²) in [6.45, 7) is 6.41. The molecule has 1 N–H and O–H groups in total. The topological polar surface area (TPSA) is 58.6 Å². The molecule has 0 aliphatic carbocycles. The molecule has 0 radical (unpaired) electrons. The van der Waals surface area contributed by atoms with Crippen molar-refractivity contribution in [3.8, 4) is 0 Å². The Bertz CT molecular complexity index is 293. The summed E-state index contributed by atoms with van der Waals surface area (Å²) in [5, 5.41) is 3.20. The summed E-state index contributed by atoms with van der Waals surface area (Å²) in [5.74, 6) is 0.313. The first-order chi connectivity index (χ1) is 8.17. The van der Waals surface area contributed by atoms with Crippen molar-refractivity contribution in [1.82, 2.24) is 9.62 Å². The lowest BCUT2D eigenvalue weighted by atomic mass is 10.4. The Balaban J connectivity index is 1.94. The summed E-state index contributed by atoms with van der Waals surface area (Å²) in [6.07, 6.45) is 3.02. The second-order valence-electron chi connectivity index (χ2n) is 4.28. The van der Waals surface area contributed by atoms with Crippen LogP contribution in [0, 0.1) is 0 Å². The maximum atomic E-state index is 11.5. The molecule has 1 saturated heterocycles. The van der Waals surface area contributed by atoms with E-state index in [-0.39, 0.29) is 0 Å². The van der Waals surface area contributed by atoms with Crippen LogP contribution in [0.3, 0.4) is 0 Å². The van der Waals surface area contributed by atoms with Gasteiger partial charge in [-0.15, -0.1) is 0 Å². The molecule has 0 bridgehead atoms. The van der Waals surface area contributed by atoms with Gasteiger partial charge in [0, 0.05) is 32.8 Å². The Labute approximate surface area is 105 Å². The zero-order chi connectivity index (χ0) is 12.6. The van der Waals surface area contributed by atoms with Gasteiger partial charge in [0.05, 0.1) is 12.4 Å². The molecule has 1 aliphatic rings. The SMILES string of the molecule is CCCCOCCNCCN1CCCS1(=O)=O. The highest BCUT2D eigenvalue weighted by atomic mass is 32.2. The first kappa shape index (κ1) is 14.9. The third kappa shape index (κ3) is 5.81. The number of unbranched alkanes of at least 4 members (excludes halogenated alkanes) is 1. The molecule has 0 aromatic heterocycles. The Morgan fingerprint density at radius 2 is 2.12 bits per heavy atom. The van der Waals surface area contributed by atoms with Gasteiger partial charge < -0.3 is 10.1 Å². The fraction of sp³-hybridized carbons (Fsp3) is 1.00. The molecule has 5 nitrogen and oxygen atoms in total. The summed E-state index contributed by atoms with van der Waals surface area (Å²) >= 11 is 0. The average Bonchev–Trinajstić information content (AvgIpc) is 2.62. The van der Waals surface area contributed by atoms with E-state index in [2.05, 4.69) is 12.2 Å². The van der Waals surface area contributed by atoms with Crippen LogP contribution >= 0.6 is 0 Å². The fourth-order valence-corrected chi connectivity index (χ4v) is 3.29. The minimum atomic E-state index is -2.93. The van der Waals surface area contributed by atoms with Gasteiger partial charge >= 0.3 is 0 Å². The van der Waals surface area contributed by atoms with Crippen molar-refractivity contribution in [3.05, 3.63) is 0 Å². The maximum absolute atomic E-state index is 11.5. The van der Waals surface area contributed by atoms with Crippen LogP contribution in [-0.2, 0) is 14.8 Å². The first-order valence-corrected chi connectivity index (χ1v) is 8.04. The molecule has 6 heteroatoms. The van der Waals surface area contributed by atoms with Crippen molar-refractivity contribution in [1.29, 1.82) is 0 Å². The highest BCUT2D eigenvalue weighted by molar-refractivity contribution is 7.89. The van der Waals surface area contributed by atoms with Crippen LogP contribution in [0.2, 0.25) is 0 Å². The molecule has 1 rings (SSSR count). The largest absolute Gasteiger partial charge is 0.380 e. The summed E-state index contributed by atoms with van der Waals surface area (Å²) < 4.78 is 29.9. The average molecular weight is 264 g/mol. The number of nitrogens with zero attached hydrogens (tertiary/aromatic N) is 1. The van der Waals surface area contributed by atoms with E-state index in [1.807, 2.05) is 0 Å². The van der Waals surface area contributed by atoms with E-state index in [4.69, 9.17) is 4.74 Å². The number of rotatable bonds is 9. The van der Waals surface area contributed by atoms with Gasteiger partial charge in [-0.2, -0.15) is 0 Å². The molecule has 0 saturated carbocycles. The summed E-state index contributed by atoms with van der Waals surface area (Å²) in [4.78, 5) is 0. The van der Waals surface area contributed by atoms with Crippen molar-refractivity contribution in [2.45, 2.75) is 26.2 Å². The van der Waals surface area contributed by atoms with Crippen LogP contribution in [-0.4, -0.2) is 57.9 Å². The molecule has 17 heavy (non-hydrogen) atoms. The summed E-state index contributed by atoms with van der Waals surface area (Å²) in [5.41, 5.74) is 0. The van der Waals surface area contributed by atoms with Gasteiger partial charge in [-0.25, -0.2) is 12.7 Å². The molecular weight excluding hydrogens is 240 g/mol. The van der Waals surface area contributed by atoms with Gasteiger partial charge in [-0.3, -0.25) is 0 Å². The van der Waals surface area contributed by atoms with Gasteiger partial charge in [0.1, 0.15) is 0 Å². The second-order valence-corrected chi connectivity index (χ2v) is 6.37. The summed E-state index contributed by atoms with van der Waals surface area (Å²) in [6, 6.07) is 0. The number of hydrogen-bond acceptors (Lipinski definition) is 4. The molecule has 1 aliphatic heterocycles. The smallest absolute Gasteiger partial charge is 0.214 e. The Hall–Kier alpha value is -0.170. The minimum Gasteiger partial charge on any atom is -0.380 e. The van der Waals surface area contributed by atoms with Gasteiger partial charge in [0.2, 0.25) is 10.0 Å². The van der Waals surface area contributed by atoms with Crippen molar-refractivity contribution in [2.24, 2.45) is 0 Å². The standard InChI is InChI=1S/C11H24N2O3S/c1-2-3-9-16-10-6-12-5-8-13-7-4-11-17(13,14)15/h12H,2-11H2,1H3. The fourth-order valence-electron chi connectivity index (χ4n) is 1.76. The highest BCUT2D eigenvalue weighted by Gasteiger charge is 2.27. The number of sulfonamides is 1. The van der Waals surface area contributed by atoms with Crippen molar-refractivity contribution >= 4 is 10.0 Å². The summed E-state index contributed by atoms with van der Waals surface area (Å²) in [7, 11) is -2.93. The third-order valence-corrected chi connectivity index (χ3v) is 4.76. The van der Waals surface area contributed by atoms with Crippen molar-refractivity contribution in [3.63, 3.8) is 0 Å². The van der Waals surface area contributed by atoms with E-state index in [1.165, 1.54) is 0 Å². The van der Waals surface area contributed by atoms with Gasteiger partial charge in [0.15, 0.2) is 0 Å². The van der Waals surface area contributed by atoms with E-state index in [0.29, 0.717) is 32.0 Å². The molecule has 1 fully saturated rings. The monoisotopic (exact) mass is 264 g/mol. The zero-order valence-corrected chi connectivity index (χ0v) is 11.5. The minimum absolute atomic E-state index is 0.313. The molecule has 0 aromatic carbocycles. The Morgan fingerprint density at radius 3 is 2.76 bits per heavy atom. The Morgan fingerprint density at radius 1 is 1.29 bits per heavy atom. The van der Waals surface area contributed by atoms with Crippen LogP contribution in [0.15, 0.2) is 0 Å². The lowest BCUT2D eigenvalue weighted by molar-refractivity contribution is 0.133. The van der Waals surface area contributed by atoms with E-state index in [0.717, 1.165) is 32.4 Å². The second kappa shape index (κ2) is 8.02. The Kier molecular flexibility index (Phi) is 7.03. The molecule has 0 amide bonds. The predicted molar refractivity (Wildman–Crippen MR) is 68.6 cm³/mol. The van der Waals surface area contributed by atoms with E-state index in [9.17, 15) is 8.42 Å². The first-order valence-electron chi connectivity index (χ1n) is 6.43. The van der Waals surface area contributed by atoms with Gasteiger partial charge in [-0.1, -0.05) is 13.3 Å². The molecule has 0 unspecified atom stereocenters. The maximum Gasteiger partial charge on any atom is 0.214 e. The highest BCUT2D eigenvalue weighted by Crippen LogP contribution is 2.11. The van der Waals surface area contributed by atoms with Crippen LogP contribution in [0.25, 0.3) is 0 Å². The van der Waals surface area contributed by atoms with E-state index < -0.39 is 10.0 Å². The quantitative estimate of drug-likeness (QED) is 0.614. The molecule has 0 atom stereocenters. The van der Waals surface area contributed by atoms with E-state index in [1.54, 1.807) is 4.31 Å². The van der Waals surface area contributed by atoms with Gasteiger partial charge in [-0.05, 0) is 12.8 Å². The van der Waals surface area contributed by atoms with Crippen molar-refractivity contribution in [2.75, 3.05) is 45.1 Å².